The van der Waals surface area contributed by atoms with Crippen molar-refractivity contribution in [3.8, 4) is 22.3 Å². The molecule has 330 valence electrons. The van der Waals surface area contributed by atoms with E-state index in [9.17, 15) is 0 Å². The van der Waals surface area contributed by atoms with Gasteiger partial charge in [-0.3, -0.25) is 0 Å². The van der Waals surface area contributed by atoms with Crippen molar-refractivity contribution in [2.45, 2.75) is 13.8 Å². The number of anilines is 6. The van der Waals surface area contributed by atoms with Gasteiger partial charge in [-0.05, 0) is 120 Å². The number of hydrogen-bond donors (Lipinski definition) is 0. The second kappa shape index (κ2) is 15.7. The molecule has 0 saturated carbocycles. The number of aryl methyl sites for hydroxylation is 2. The average molecular weight is 897 g/mol. The Morgan fingerprint density at radius 3 is 1.39 bits per heavy atom. The third-order valence-electron chi connectivity index (χ3n) is 14.3. The first-order valence-electron chi connectivity index (χ1n) is 24.0. The van der Waals surface area contributed by atoms with Crippen LogP contribution in [-0.4, -0.2) is 0 Å². The van der Waals surface area contributed by atoms with E-state index in [1.165, 1.54) is 49.4 Å². The summed E-state index contributed by atoms with van der Waals surface area (Å²) in [5.74, 6) is 0. The minimum absolute atomic E-state index is 0.847. The molecule has 0 N–H and O–H groups in total. The molecule has 0 atom stereocenters. The second-order valence-corrected chi connectivity index (χ2v) is 18.6. The van der Waals surface area contributed by atoms with Crippen molar-refractivity contribution < 1.29 is 8.83 Å². The molecule has 0 fully saturated rings. The Labute approximate surface area is 404 Å². The predicted octanol–water partition coefficient (Wildman–Crippen LogP) is 19.3. The molecule has 0 unspecified atom stereocenters. The Balaban J connectivity index is 1.14. The lowest BCUT2D eigenvalue weighted by molar-refractivity contribution is 0.668. The molecule has 0 amide bonds. The van der Waals surface area contributed by atoms with Crippen LogP contribution in [0.5, 0.6) is 0 Å². The molecule has 0 aliphatic rings. The summed E-state index contributed by atoms with van der Waals surface area (Å²) in [4.78, 5) is 4.85. The average Bonchev–Trinajstić information content (AvgIpc) is 3.98. The number of furan rings is 2. The lowest BCUT2D eigenvalue weighted by atomic mass is 9.85. The van der Waals surface area contributed by atoms with Gasteiger partial charge < -0.3 is 18.6 Å². The van der Waals surface area contributed by atoms with E-state index >= 15 is 0 Å². The van der Waals surface area contributed by atoms with Gasteiger partial charge in [0.05, 0.1) is 17.1 Å². The van der Waals surface area contributed by atoms with Crippen molar-refractivity contribution in [1.29, 1.82) is 0 Å². The molecule has 2 aromatic heterocycles. The summed E-state index contributed by atoms with van der Waals surface area (Å²) in [6, 6.07) is 83.5. The first-order valence-corrected chi connectivity index (χ1v) is 24.0. The standard InChI is InChI=1S/C66H44N2O2/c1-41-16-13-18-43(36-41)55-39-59(67(45-20-5-3-6-21-45)47-30-35-63-57(38-47)49-25-10-11-28-61(49)69-63)53-33-31-51-56(44-19-14-17-42(2)37-44)40-60(54-34-32-50(55)64(53)65(51)54)68(46-22-7-4-8-23-46)58-27-15-26-52-48-24-9-12-29-62(48)70-66(52)58/h3-40H,1-2H3. The monoisotopic (exact) mass is 896 g/mol. The zero-order chi connectivity index (χ0) is 46.5. The molecule has 0 saturated heterocycles. The van der Waals surface area contributed by atoms with Crippen LogP contribution in [-0.2, 0) is 0 Å². The summed E-state index contributed by atoms with van der Waals surface area (Å²) >= 11 is 0. The maximum absolute atomic E-state index is 6.86. The van der Waals surface area contributed by atoms with E-state index in [1.807, 2.05) is 18.2 Å². The molecule has 2 heterocycles. The van der Waals surface area contributed by atoms with Crippen LogP contribution in [0.15, 0.2) is 239 Å². The lowest BCUT2D eigenvalue weighted by Gasteiger charge is -2.31. The molecule has 0 aliphatic heterocycles. The van der Waals surface area contributed by atoms with Gasteiger partial charge in [0.15, 0.2) is 5.58 Å². The molecule has 4 nitrogen and oxygen atoms in total. The van der Waals surface area contributed by atoms with Crippen LogP contribution in [0.25, 0.3) is 98.4 Å². The maximum Gasteiger partial charge on any atom is 0.159 e. The van der Waals surface area contributed by atoms with Crippen molar-refractivity contribution in [3.05, 3.63) is 242 Å². The van der Waals surface area contributed by atoms with Crippen LogP contribution in [0.2, 0.25) is 0 Å². The quantitative estimate of drug-likeness (QED) is 0.142. The summed E-state index contributed by atoms with van der Waals surface area (Å²) in [5.41, 5.74) is 16.8. The van der Waals surface area contributed by atoms with Gasteiger partial charge in [0.2, 0.25) is 0 Å². The highest BCUT2D eigenvalue weighted by Gasteiger charge is 2.27. The Hall–Kier alpha value is -9.12. The van der Waals surface area contributed by atoms with E-state index in [2.05, 4.69) is 236 Å². The fourth-order valence-electron chi connectivity index (χ4n) is 11.2. The van der Waals surface area contributed by atoms with E-state index in [0.29, 0.717) is 0 Å². The molecule has 14 rings (SSSR count). The second-order valence-electron chi connectivity index (χ2n) is 18.6. The van der Waals surface area contributed by atoms with Gasteiger partial charge in [-0.2, -0.15) is 0 Å². The van der Waals surface area contributed by atoms with Crippen molar-refractivity contribution in [3.63, 3.8) is 0 Å². The topological polar surface area (TPSA) is 32.8 Å². The lowest BCUT2D eigenvalue weighted by Crippen LogP contribution is -2.12. The van der Waals surface area contributed by atoms with Crippen molar-refractivity contribution in [2.24, 2.45) is 0 Å². The van der Waals surface area contributed by atoms with E-state index in [4.69, 9.17) is 8.83 Å². The number of nitrogens with zero attached hydrogens (tertiary/aromatic N) is 2. The van der Waals surface area contributed by atoms with Gasteiger partial charge in [0.1, 0.15) is 16.7 Å². The summed E-state index contributed by atoms with van der Waals surface area (Å²) < 4.78 is 13.2. The minimum Gasteiger partial charge on any atom is -0.456 e. The predicted molar refractivity (Wildman–Crippen MR) is 294 cm³/mol. The number of hydrogen-bond acceptors (Lipinski definition) is 4. The number of benzene rings is 12. The van der Waals surface area contributed by atoms with Crippen LogP contribution < -0.4 is 9.80 Å². The Bertz CT molecular complexity index is 4340. The van der Waals surface area contributed by atoms with E-state index < -0.39 is 0 Å². The summed E-state index contributed by atoms with van der Waals surface area (Å²) in [6.07, 6.45) is 0. The zero-order valence-electron chi connectivity index (χ0n) is 38.7. The molecule has 0 spiro atoms. The molecule has 0 bridgehead atoms. The molecular formula is C66H44N2O2. The fourth-order valence-corrected chi connectivity index (χ4v) is 11.2. The molecule has 70 heavy (non-hydrogen) atoms. The number of fused-ring (bicyclic) bond motifs is 6. The Morgan fingerprint density at radius 2 is 0.771 bits per heavy atom. The fraction of sp³-hybridized carbons (Fsp3) is 0.0303. The zero-order valence-corrected chi connectivity index (χ0v) is 38.7. The molecule has 0 aliphatic carbocycles. The normalized spacial score (nSPS) is 11.9. The minimum atomic E-state index is 0.847. The van der Waals surface area contributed by atoms with Crippen molar-refractivity contribution >= 4 is 110 Å². The van der Waals surface area contributed by atoms with Gasteiger partial charge in [-0.25, -0.2) is 0 Å². The molecule has 0 radical (unpaired) electrons. The molecule has 12 aromatic carbocycles. The van der Waals surface area contributed by atoms with Gasteiger partial charge in [-0.15, -0.1) is 0 Å². The highest BCUT2D eigenvalue weighted by molar-refractivity contribution is 6.32. The Kier molecular flexibility index (Phi) is 8.99. The first-order chi connectivity index (χ1) is 34.5. The highest BCUT2D eigenvalue weighted by Crippen LogP contribution is 2.53. The third kappa shape index (κ3) is 6.23. The molecule has 14 aromatic rings. The molecule has 4 heteroatoms. The van der Waals surface area contributed by atoms with E-state index in [1.54, 1.807) is 0 Å². The van der Waals surface area contributed by atoms with E-state index in [0.717, 1.165) is 94.3 Å². The van der Waals surface area contributed by atoms with Crippen LogP contribution in [0.1, 0.15) is 11.1 Å². The summed E-state index contributed by atoms with van der Waals surface area (Å²) in [6.45, 7) is 4.36. The highest BCUT2D eigenvalue weighted by atomic mass is 16.3. The van der Waals surface area contributed by atoms with Crippen molar-refractivity contribution in [1.82, 2.24) is 0 Å². The van der Waals surface area contributed by atoms with Gasteiger partial charge in [-0.1, -0.05) is 169 Å². The van der Waals surface area contributed by atoms with Gasteiger partial charge >= 0.3 is 0 Å². The SMILES string of the molecule is Cc1cccc(-c2cc(N(c3ccccc3)c3ccc4oc5ccccc5c4c3)c3ccc4c(-c5cccc(C)c5)cc(N(c5ccccc5)c5cccc6c5oc5ccccc56)c5ccc2c3c45)c1. The van der Waals surface area contributed by atoms with Crippen LogP contribution in [0, 0.1) is 13.8 Å². The largest absolute Gasteiger partial charge is 0.456 e. The van der Waals surface area contributed by atoms with Crippen molar-refractivity contribution in [2.75, 3.05) is 9.80 Å². The Morgan fingerprint density at radius 1 is 0.286 bits per heavy atom. The summed E-state index contributed by atoms with van der Waals surface area (Å²) in [5, 5.41) is 11.5. The van der Waals surface area contributed by atoms with Crippen LogP contribution in [0.4, 0.5) is 34.1 Å². The smallest absolute Gasteiger partial charge is 0.159 e. The first kappa shape index (κ1) is 40.0. The van der Waals surface area contributed by atoms with E-state index in [-0.39, 0.29) is 0 Å². The molecular weight excluding hydrogens is 853 g/mol. The third-order valence-corrected chi connectivity index (χ3v) is 14.3. The van der Waals surface area contributed by atoms with Crippen LogP contribution in [0.3, 0.4) is 0 Å². The van der Waals surface area contributed by atoms with Gasteiger partial charge in [0.25, 0.3) is 0 Å². The number of rotatable bonds is 8. The van der Waals surface area contributed by atoms with Crippen LogP contribution >= 0.6 is 0 Å². The maximum atomic E-state index is 6.86. The number of para-hydroxylation sites is 5. The summed E-state index contributed by atoms with van der Waals surface area (Å²) in [7, 11) is 0. The van der Waals surface area contributed by atoms with Gasteiger partial charge in [0, 0.05) is 60.2 Å².